The fourth-order valence-electron chi connectivity index (χ4n) is 7.69. The van der Waals surface area contributed by atoms with Crippen LogP contribution >= 0.6 is 0 Å². The number of halogens is 6. The number of amides is 2. The van der Waals surface area contributed by atoms with Gasteiger partial charge in [-0.2, -0.15) is 31.6 Å². The topological polar surface area (TPSA) is 99.5 Å². The minimum atomic E-state index is -5.29. The second kappa shape index (κ2) is 7.49. The van der Waals surface area contributed by atoms with Gasteiger partial charge >= 0.3 is 24.2 Å². The Hall–Kier alpha value is -2.52. The number of esters is 1. The van der Waals surface area contributed by atoms with Gasteiger partial charge in [0.05, 0.1) is 6.07 Å². The van der Waals surface area contributed by atoms with E-state index in [-0.39, 0.29) is 55.9 Å². The number of likely N-dealkylation sites (tertiary alicyclic amines) is 1. The molecule has 6 fully saturated rings. The van der Waals surface area contributed by atoms with Crippen molar-refractivity contribution in [2.45, 2.75) is 87.4 Å². The number of nitrogens with one attached hydrogen (secondary N) is 1. The van der Waals surface area contributed by atoms with Gasteiger partial charge in [-0.1, -0.05) is 0 Å². The van der Waals surface area contributed by atoms with E-state index in [1.54, 1.807) is 0 Å². The van der Waals surface area contributed by atoms with Gasteiger partial charge in [0.25, 0.3) is 0 Å². The number of ether oxygens (including phenoxy) is 1. The number of alkyl halides is 6. The zero-order valence-electron chi connectivity index (χ0n) is 18.4. The lowest BCUT2D eigenvalue weighted by atomic mass is 9.46. The molecule has 0 aromatic rings. The third-order valence-corrected chi connectivity index (χ3v) is 8.49. The van der Waals surface area contributed by atoms with Gasteiger partial charge in [0.2, 0.25) is 5.91 Å². The summed E-state index contributed by atoms with van der Waals surface area (Å²) in [4.78, 5) is 38.7. The third kappa shape index (κ3) is 4.02. The molecular formula is C22H23F6N3O4. The summed E-state index contributed by atoms with van der Waals surface area (Å²) in [5, 5.41) is 11.3. The standard InChI is InChI=1S/C22H23F6N3O4/c23-21(24,25)17(33)30-15(16(32)31-13(8-29)2-12-3-14(12)31)19-4-10-1-11(5-19)7-20(6-10,9-19)35-18(34)22(26,27)28/h10-15H,1-7,9H2,(H,30,33)/t10-,11+,12-,13+,14+,15-,19?,20?/m1/s1. The first-order valence-electron chi connectivity index (χ1n) is 11.6. The van der Waals surface area contributed by atoms with Crippen molar-refractivity contribution in [2.75, 3.05) is 0 Å². The molecule has 0 aromatic carbocycles. The number of carbonyl (C=O) groups excluding carboxylic acids is 3. The van der Waals surface area contributed by atoms with E-state index in [0.29, 0.717) is 19.3 Å². The number of nitriles is 1. The van der Waals surface area contributed by atoms with E-state index in [2.05, 4.69) is 0 Å². The maximum absolute atomic E-state index is 13.7. The van der Waals surface area contributed by atoms with Crippen molar-refractivity contribution in [3.63, 3.8) is 0 Å². The normalized spacial score (nSPS) is 40.0. The molecule has 8 atom stereocenters. The Morgan fingerprint density at radius 2 is 1.60 bits per heavy atom. The molecule has 5 saturated carbocycles. The Morgan fingerprint density at radius 1 is 0.971 bits per heavy atom. The van der Waals surface area contributed by atoms with Crippen LogP contribution in [0.5, 0.6) is 0 Å². The van der Waals surface area contributed by atoms with Crippen molar-refractivity contribution in [1.29, 1.82) is 5.26 Å². The SMILES string of the molecule is N#C[C@@H]1C[C@@H]2C[C@@H]2N1C(=O)[C@@H](NC(=O)C(F)(F)F)C12C[C@@H]3C[C@@H](CC(OC(=O)C(F)(F)F)(C3)C1)C2. The number of piperidine rings is 1. The summed E-state index contributed by atoms with van der Waals surface area (Å²) >= 11 is 0. The molecule has 0 spiro atoms. The van der Waals surface area contributed by atoms with Crippen LogP contribution in [-0.2, 0) is 19.1 Å². The molecule has 13 heteroatoms. The highest BCUT2D eigenvalue weighted by Crippen LogP contribution is 2.64. The zero-order chi connectivity index (χ0) is 25.6. The fourth-order valence-corrected chi connectivity index (χ4v) is 7.69. The molecule has 1 aliphatic heterocycles. The van der Waals surface area contributed by atoms with Crippen LogP contribution in [0.2, 0.25) is 0 Å². The largest absolute Gasteiger partial charge is 0.490 e. The number of carbonyl (C=O) groups is 3. The molecule has 1 heterocycles. The lowest BCUT2D eigenvalue weighted by molar-refractivity contribution is -0.241. The van der Waals surface area contributed by atoms with E-state index in [0.717, 1.165) is 0 Å². The zero-order valence-corrected chi connectivity index (χ0v) is 18.4. The summed E-state index contributed by atoms with van der Waals surface area (Å²) < 4.78 is 83.7. The summed E-state index contributed by atoms with van der Waals surface area (Å²) in [7, 11) is 0. The van der Waals surface area contributed by atoms with Crippen LogP contribution in [0.3, 0.4) is 0 Å². The Labute approximate surface area is 196 Å². The second-order valence-corrected chi connectivity index (χ2v) is 11.0. The first-order chi connectivity index (χ1) is 16.2. The smallest absolute Gasteiger partial charge is 0.452 e. The van der Waals surface area contributed by atoms with E-state index in [4.69, 9.17) is 4.74 Å². The molecule has 4 bridgehead atoms. The van der Waals surface area contributed by atoms with Crippen molar-refractivity contribution in [2.24, 2.45) is 23.2 Å². The van der Waals surface area contributed by atoms with E-state index in [1.807, 2.05) is 11.4 Å². The van der Waals surface area contributed by atoms with Crippen molar-refractivity contribution >= 4 is 17.8 Å². The molecule has 2 amide bonds. The van der Waals surface area contributed by atoms with E-state index in [9.17, 15) is 46.0 Å². The minimum Gasteiger partial charge on any atom is -0.452 e. The summed E-state index contributed by atoms with van der Waals surface area (Å²) in [6, 6.07) is -0.846. The van der Waals surface area contributed by atoms with Crippen LogP contribution in [0.25, 0.3) is 0 Å². The van der Waals surface area contributed by atoms with Gasteiger partial charge in [-0.25, -0.2) is 4.79 Å². The van der Waals surface area contributed by atoms with Gasteiger partial charge in [0.15, 0.2) is 0 Å². The highest BCUT2D eigenvalue weighted by molar-refractivity contribution is 5.91. The van der Waals surface area contributed by atoms with Crippen LogP contribution in [0, 0.1) is 34.5 Å². The van der Waals surface area contributed by atoms with Gasteiger partial charge in [0, 0.05) is 11.5 Å². The lowest BCUT2D eigenvalue weighted by Crippen LogP contribution is -2.68. The molecule has 0 radical (unpaired) electrons. The molecule has 192 valence electrons. The molecule has 1 saturated heterocycles. The monoisotopic (exact) mass is 507 g/mol. The van der Waals surface area contributed by atoms with Crippen LogP contribution in [0.1, 0.15) is 51.4 Å². The summed E-state index contributed by atoms with van der Waals surface area (Å²) in [6.45, 7) is 0. The van der Waals surface area contributed by atoms with Crippen LogP contribution < -0.4 is 5.32 Å². The Kier molecular flexibility index (Phi) is 5.18. The highest BCUT2D eigenvalue weighted by Gasteiger charge is 2.66. The maximum atomic E-state index is 13.7. The number of rotatable bonds is 4. The highest BCUT2D eigenvalue weighted by atomic mass is 19.4. The third-order valence-electron chi connectivity index (χ3n) is 8.49. The molecule has 6 rings (SSSR count). The summed E-state index contributed by atoms with van der Waals surface area (Å²) in [5.41, 5.74) is -2.89. The molecule has 5 aliphatic carbocycles. The summed E-state index contributed by atoms with van der Waals surface area (Å²) in [5.74, 6) is -5.99. The van der Waals surface area contributed by atoms with Gasteiger partial charge in [-0.15, -0.1) is 0 Å². The minimum absolute atomic E-state index is 0.0676. The number of hydrogen-bond donors (Lipinski definition) is 1. The van der Waals surface area contributed by atoms with Crippen molar-refractivity contribution in [3.8, 4) is 6.07 Å². The van der Waals surface area contributed by atoms with Crippen LogP contribution in [0.15, 0.2) is 0 Å². The number of fused-ring (bicyclic) bond motifs is 1. The number of nitrogens with zero attached hydrogens (tertiary/aromatic N) is 2. The average Bonchev–Trinajstić information content (AvgIpc) is 3.38. The molecule has 1 N–H and O–H groups in total. The first kappa shape index (κ1) is 24.2. The van der Waals surface area contributed by atoms with Crippen molar-refractivity contribution < 1.29 is 45.5 Å². The lowest BCUT2D eigenvalue weighted by Gasteiger charge is -2.63. The molecule has 35 heavy (non-hydrogen) atoms. The first-order valence-corrected chi connectivity index (χ1v) is 11.6. The van der Waals surface area contributed by atoms with Crippen molar-refractivity contribution in [3.05, 3.63) is 0 Å². The average molecular weight is 507 g/mol. The molecular weight excluding hydrogens is 484 g/mol. The predicted octanol–water partition coefficient (Wildman–Crippen LogP) is 2.99. The predicted molar refractivity (Wildman–Crippen MR) is 103 cm³/mol. The molecule has 6 aliphatic rings. The van der Waals surface area contributed by atoms with Gasteiger partial charge in [0.1, 0.15) is 17.7 Å². The van der Waals surface area contributed by atoms with Gasteiger partial charge in [-0.3, -0.25) is 9.59 Å². The Balaban J connectivity index is 1.50. The van der Waals surface area contributed by atoms with Crippen LogP contribution in [0.4, 0.5) is 26.3 Å². The van der Waals surface area contributed by atoms with Crippen LogP contribution in [-0.4, -0.2) is 58.8 Å². The van der Waals surface area contributed by atoms with E-state index < -0.39 is 53.2 Å². The van der Waals surface area contributed by atoms with E-state index in [1.165, 1.54) is 4.90 Å². The van der Waals surface area contributed by atoms with E-state index >= 15 is 0 Å². The molecule has 7 nitrogen and oxygen atoms in total. The Bertz CT molecular complexity index is 991. The van der Waals surface area contributed by atoms with Gasteiger partial charge < -0.3 is 15.0 Å². The van der Waals surface area contributed by atoms with Gasteiger partial charge in [-0.05, 0) is 69.1 Å². The second-order valence-electron chi connectivity index (χ2n) is 11.0. The maximum Gasteiger partial charge on any atom is 0.490 e. The summed E-state index contributed by atoms with van der Waals surface area (Å²) in [6.07, 6.45) is -8.54. The quantitative estimate of drug-likeness (QED) is 0.466. The number of hydrogen-bond acceptors (Lipinski definition) is 5. The molecule has 0 aromatic heterocycles. The molecule has 2 unspecified atom stereocenters. The Morgan fingerprint density at radius 3 is 2.14 bits per heavy atom. The van der Waals surface area contributed by atoms with Crippen molar-refractivity contribution in [1.82, 2.24) is 10.2 Å². The fraction of sp³-hybridized carbons (Fsp3) is 0.818.